The first kappa shape index (κ1) is 23.4. The van der Waals surface area contributed by atoms with E-state index in [0.717, 1.165) is 32.5 Å². The van der Waals surface area contributed by atoms with Gasteiger partial charge in [-0.05, 0) is 61.8 Å². The molecule has 1 fully saturated rings. The Morgan fingerprint density at radius 3 is 2.85 bits per heavy atom. The Morgan fingerprint density at radius 1 is 1.24 bits per heavy atom. The molecule has 1 aliphatic rings. The summed E-state index contributed by atoms with van der Waals surface area (Å²) in [5.74, 6) is -0.132. The smallest absolute Gasteiger partial charge is 0.262 e. The third-order valence-electron chi connectivity index (χ3n) is 6.06. The van der Waals surface area contributed by atoms with Gasteiger partial charge in [-0.15, -0.1) is 0 Å². The molecule has 1 atom stereocenters. The highest BCUT2D eigenvalue weighted by Crippen LogP contribution is 2.16. The van der Waals surface area contributed by atoms with Crippen molar-refractivity contribution in [3.05, 3.63) is 74.8 Å². The Balaban J connectivity index is 1.45. The molecule has 33 heavy (non-hydrogen) atoms. The van der Waals surface area contributed by atoms with Crippen molar-refractivity contribution in [1.82, 2.24) is 19.8 Å². The molecule has 1 aliphatic heterocycles. The van der Waals surface area contributed by atoms with Crippen LogP contribution in [0.2, 0.25) is 0 Å². The second-order valence-corrected chi connectivity index (χ2v) is 8.91. The molecule has 7 nitrogen and oxygen atoms in total. The van der Waals surface area contributed by atoms with Crippen molar-refractivity contribution in [3.63, 3.8) is 0 Å². The van der Waals surface area contributed by atoms with E-state index >= 15 is 0 Å². The number of fused-ring (bicyclic) bond motifs is 1. The van der Waals surface area contributed by atoms with Crippen LogP contribution in [-0.2, 0) is 17.8 Å². The highest BCUT2D eigenvalue weighted by Gasteiger charge is 2.22. The van der Waals surface area contributed by atoms with E-state index < -0.39 is 0 Å². The van der Waals surface area contributed by atoms with Crippen LogP contribution in [0.4, 0.5) is 0 Å². The fraction of sp³-hybridized carbons (Fsp3) is 0.400. The molecule has 2 N–H and O–H groups in total. The number of carbonyl (C=O) groups is 1. The van der Waals surface area contributed by atoms with Crippen LogP contribution in [-0.4, -0.2) is 53.2 Å². The van der Waals surface area contributed by atoms with Gasteiger partial charge in [-0.1, -0.05) is 30.3 Å². The van der Waals surface area contributed by atoms with E-state index in [9.17, 15) is 9.59 Å². The summed E-state index contributed by atoms with van der Waals surface area (Å²) in [4.78, 5) is 31.3. The first-order chi connectivity index (χ1) is 16.0. The Morgan fingerprint density at radius 2 is 2.06 bits per heavy atom. The number of rotatable bonds is 8. The average molecular weight is 467 g/mol. The van der Waals surface area contributed by atoms with Crippen LogP contribution in [0, 0.1) is 4.77 Å². The minimum absolute atomic E-state index is 0.0953. The van der Waals surface area contributed by atoms with Gasteiger partial charge >= 0.3 is 0 Å². The van der Waals surface area contributed by atoms with Gasteiger partial charge in [-0.3, -0.25) is 19.1 Å². The number of aromatic nitrogens is 2. The number of benzene rings is 2. The fourth-order valence-corrected chi connectivity index (χ4v) is 4.68. The number of amides is 1. The maximum atomic E-state index is 13.0. The molecule has 2 aromatic carbocycles. The van der Waals surface area contributed by atoms with Crippen LogP contribution < -0.4 is 10.9 Å². The summed E-state index contributed by atoms with van der Waals surface area (Å²) in [6.45, 7) is 3.79. The van der Waals surface area contributed by atoms with E-state index in [-0.39, 0.29) is 17.5 Å². The number of H-pyrrole nitrogens is 1. The number of hydrogen-bond donors (Lipinski definition) is 2. The molecule has 1 saturated heterocycles. The largest absolute Gasteiger partial charge is 0.385 e. The van der Waals surface area contributed by atoms with Crippen LogP contribution in [0.3, 0.4) is 0 Å². The molecule has 174 valence electrons. The molecule has 1 aromatic heterocycles. The molecule has 2 heterocycles. The summed E-state index contributed by atoms with van der Waals surface area (Å²) in [6, 6.07) is 15.6. The van der Waals surface area contributed by atoms with E-state index in [0.29, 0.717) is 40.8 Å². The van der Waals surface area contributed by atoms with E-state index in [1.807, 2.05) is 6.07 Å². The maximum Gasteiger partial charge on any atom is 0.262 e. The lowest BCUT2D eigenvalue weighted by Gasteiger charge is -2.33. The lowest BCUT2D eigenvalue weighted by Crippen LogP contribution is -2.47. The summed E-state index contributed by atoms with van der Waals surface area (Å²) in [6.07, 6.45) is 2.70. The minimum atomic E-state index is -0.152. The van der Waals surface area contributed by atoms with Crippen molar-refractivity contribution in [2.24, 2.45) is 0 Å². The molecule has 0 spiro atoms. The van der Waals surface area contributed by atoms with Gasteiger partial charge in [0.05, 0.1) is 10.9 Å². The number of piperidine rings is 1. The Kier molecular flexibility index (Phi) is 7.69. The second-order valence-electron chi connectivity index (χ2n) is 8.53. The van der Waals surface area contributed by atoms with Crippen molar-refractivity contribution in [2.75, 3.05) is 26.8 Å². The van der Waals surface area contributed by atoms with Gasteiger partial charge in [0.25, 0.3) is 11.5 Å². The lowest BCUT2D eigenvalue weighted by atomic mass is 10.0. The van der Waals surface area contributed by atoms with E-state index in [1.54, 1.807) is 29.9 Å². The monoisotopic (exact) mass is 466 g/mol. The summed E-state index contributed by atoms with van der Waals surface area (Å²) >= 11 is 5.38. The van der Waals surface area contributed by atoms with Crippen molar-refractivity contribution >= 4 is 29.0 Å². The van der Waals surface area contributed by atoms with E-state index in [2.05, 4.69) is 39.5 Å². The summed E-state index contributed by atoms with van der Waals surface area (Å²) < 4.78 is 6.96. The van der Waals surface area contributed by atoms with Gasteiger partial charge in [0.2, 0.25) is 0 Å². The molecule has 1 amide bonds. The number of aromatic amines is 1. The Hall–Kier alpha value is -2.81. The third-order valence-corrected chi connectivity index (χ3v) is 6.39. The van der Waals surface area contributed by atoms with Crippen LogP contribution in [0.15, 0.2) is 53.3 Å². The molecule has 0 radical (unpaired) electrons. The summed E-state index contributed by atoms with van der Waals surface area (Å²) in [7, 11) is 1.63. The highest BCUT2D eigenvalue weighted by atomic mass is 32.1. The molecule has 3 aromatic rings. The molecule has 0 saturated carbocycles. The summed E-state index contributed by atoms with van der Waals surface area (Å²) in [5, 5.41) is 3.69. The Bertz CT molecular complexity index is 1220. The molecular weight excluding hydrogens is 436 g/mol. The molecule has 1 unspecified atom stereocenters. The average Bonchev–Trinajstić information content (AvgIpc) is 2.82. The van der Waals surface area contributed by atoms with Crippen molar-refractivity contribution in [2.45, 2.75) is 38.4 Å². The number of hydrogen-bond acceptors (Lipinski definition) is 5. The standard InChI is InChI=1S/C25H30N4O3S/c1-32-14-6-13-29-24(31)21-11-10-19(15-22(21)27-25(29)33)23(30)26-20-9-5-12-28(17-20)16-18-7-3-2-4-8-18/h2-4,7-8,10-11,15,20H,5-6,9,12-14,16-17H2,1H3,(H,26,30)(H,27,33). The number of likely N-dealkylation sites (tertiary alicyclic amines) is 1. The predicted molar refractivity (Wildman–Crippen MR) is 132 cm³/mol. The topological polar surface area (TPSA) is 79.4 Å². The van der Waals surface area contributed by atoms with Gasteiger partial charge < -0.3 is 15.0 Å². The van der Waals surface area contributed by atoms with Crippen LogP contribution in [0.1, 0.15) is 35.2 Å². The first-order valence-electron chi connectivity index (χ1n) is 11.4. The van der Waals surface area contributed by atoms with Gasteiger partial charge in [-0.25, -0.2) is 0 Å². The zero-order chi connectivity index (χ0) is 23.2. The van der Waals surface area contributed by atoms with Crippen LogP contribution >= 0.6 is 12.2 Å². The molecule has 8 heteroatoms. The van der Waals surface area contributed by atoms with Gasteiger partial charge in [0.15, 0.2) is 4.77 Å². The fourth-order valence-electron chi connectivity index (χ4n) is 4.39. The first-order valence-corrected chi connectivity index (χ1v) is 11.8. The van der Waals surface area contributed by atoms with Gasteiger partial charge in [0.1, 0.15) is 0 Å². The second kappa shape index (κ2) is 10.9. The third kappa shape index (κ3) is 5.76. The predicted octanol–water partition coefficient (Wildman–Crippen LogP) is 3.49. The van der Waals surface area contributed by atoms with Crippen LogP contribution in [0.25, 0.3) is 10.9 Å². The van der Waals surface area contributed by atoms with Crippen molar-refractivity contribution < 1.29 is 9.53 Å². The van der Waals surface area contributed by atoms with E-state index in [1.165, 1.54) is 5.56 Å². The number of nitrogens with one attached hydrogen (secondary N) is 2. The van der Waals surface area contributed by atoms with E-state index in [4.69, 9.17) is 17.0 Å². The number of nitrogens with zero attached hydrogens (tertiary/aromatic N) is 2. The molecule has 0 aliphatic carbocycles. The van der Waals surface area contributed by atoms with Crippen molar-refractivity contribution in [1.29, 1.82) is 0 Å². The number of ether oxygens (including phenoxy) is 1. The number of methoxy groups -OCH3 is 1. The highest BCUT2D eigenvalue weighted by molar-refractivity contribution is 7.71. The van der Waals surface area contributed by atoms with Gasteiger partial charge in [0, 0.05) is 45.0 Å². The molecule has 0 bridgehead atoms. The van der Waals surface area contributed by atoms with Crippen molar-refractivity contribution in [3.8, 4) is 0 Å². The normalized spacial score (nSPS) is 16.7. The molecule has 4 rings (SSSR count). The maximum absolute atomic E-state index is 13.0. The van der Waals surface area contributed by atoms with Gasteiger partial charge in [-0.2, -0.15) is 0 Å². The Labute approximate surface area is 198 Å². The lowest BCUT2D eigenvalue weighted by molar-refractivity contribution is 0.0901. The quantitative estimate of drug-likeness (QED) is 0.392. The minimum Gasteiger partial charge on any atom is -0.385 e. The zero-order valence-corrected chi connectivity index (χ0v) is 19.7. The zero-order valence-electron chi connectivity index (χ0n) is 18.9. The van der Waals surface area contributed by atoms with Crippen LogP contribution in [0.5, 0.6) is 0 Å². The SMILES string of the molecule is COCCCn1c(=S)[nH]c2cc(C(=O)NC3CCCN(Cc4ccccc4)C3)ccc2c1=O. The molecular formula is C25H30N4O3S. The summed E-state index contributed by atoms with van der Waals surface area (Å²) in [5.41, 5.74) is 2.22. The number of carbonyl (C=O) groups excluding carboxylic acids is 1.